The number of benzene rings is 3. The predicted molar refractivity (Wildman–Crippen MR) is 159 cm³/mol. The van der Waals surface area contributed by atoms with Gasteiger partial charge in [0.1, 0.15) is 0 Å². The van der Waals surface area contributed by atoms with Crippen LogP contribution < -0.4 is 5.43 Å². The molecule has 1 amide bonds. The minimum atomic E-state index is -3.95. The minimum Gasteiger partial charge on any atom is -0.318 e. The summed E-state index contributed by atoms with van der Waals surface area (Å²) in [7, 11) is -3.95. The Labute approximate surface area is 242 Å². The first-order valence-electron chi connectivity index (χ1n) is 12.2. The van der Waals surface area contributed by atoms with Gasteiger partial charge in [0, 0.05) is 38.7 Å². The number of aromatic nitrogens is 1. The highest BCUT2D eigenvalue weighted by molar-refractivity contribution is 9.10. The lowest BCUT2D eigenvalue weighted by Gasteiger charge is -2.21. The summed E-state index contributed by atoms with van der Waals surface area (Å²) in [5.41, 5.74) is 7.28. The Balaban J connectivity index is 1.48. The Bertz CT molecular complexity index is 1570. The molecule has 4 aromatic rings. The van der Waals surface area contributed by atoms with E-state index < -0.39 is 15.9 Å². The molecule has 202 valence electrons. The van der Waals surface area contributed by atoms with Crippen molar-refractivity contribution in [3.8, 4) is 5.69 Å². The number of halogens is 2. The van der Waals surface area contributed by atoms with E-state index in [0.29, 0.717) is 11.4 Å². The summed E-state index contributed by atoms with van der Waals surface area (Å²) in [5, 5.41) is 4.55. The average Bonchev–Trinajstić information content (AvgIpc) is 3.20. The van der Waals surface area contributed by atoms with Crippen molar-refractivity contribution in [3.63, 3.8) is 0 Å². The van der Waals surface area contributed by atoms with Gasteiger partial charge in [-0.05, 0) is 80.4 Å². The highest BCUT2D eigenvalue weighted by Gasteiger charge is 2.26. The number of aryl methyl sites for hydroxylation is 1. The van der Waals surface area contributed by atoms with E-state index in [-0.39, 0.29) is 18.0 Å². The van der Waals surface area contributed by atoms with Crippen LogP contribution >= 0.6 is 27.5 Å². The number of nitrogens with zero attached hydrogens (tertiary/aromatic N) is 3. The summed E-state index contributed by atoms with van der Waals surface area (Å²) >= 11 is 9.40. The Kier molecular flexibility index (Phi) is 9.40. The van der Waals surface area contributed by atoms with Crippen LogP contribution in [-0.2, 0) is 21.2 Å². The van der Waals surface area contributed by atoms with Crippen molar-refractivity contribution >= 4 is 49.7 Å². The van der Waals surface area contributed by atoms with Crippen molar-refractivity contribution in [3.05, 3.63) is 117 Å². The molecule has 0 saturated carbocycles. The normalized spacial score (nSPS) is 11.8. The lowest BCUT2D eigenvalue weighted by atomic mass is 10.1. The van der Waals surface area contributed by atoms with Crippen LogP contribution in [0, 0.1) is 13.8 Å². The van der Waals surface area contributed by atoms with E-state index >= 15 is 0 Å². The third-order valence-corrected chi connectivity index (χ3v) is 8.85. The molecule has 1 heterocycles. The van der Waals surface area contributed by atoms with Gasteiger partial charge < -0.3 is 4.57 Å². The van der Waals surface area contributed by atoms with E-state index in [0.717, 1.165) is 37.0 Å². The zero-order chi connectivity index (χ0) is 28.0. The first-order chi connectivity index (χ1) is 18.6. The summed E-state index contributed by atoms with van der Waals surface area (Å²) < 4.78 is 31.0. The SMILES string of the molecule is Cc1cc(/C=N/NC(=O)CN(CCc2ccccc2)S(=O)(=O)c2ccc(Cl)cc2)c(C)n1-c1ccc(Br)cc1. The van der Waals surface area contributed by atoms with Crippen LogP contribution in [0.1, 0.15) is 22.5 Å². The first kappa shape index (κ1) is 28.8. The van der Waals surface area contributed by atoms with E-state index in [1.165, 1.54) is 24.3 Å². The summed E-state index contributed by atoms with van der Waals surface area (Å²) in [5.74, 6) is -0.543. The van der Waals surface area contributed by atoms with Crippen molar-refractivity contribution < 1.29 is 13.2 Å². The van der Waals surface area contributed by atoms with Gasteiger partial charge in [-0.15, -0.1) is 0 Å². The quantitative estimate of drug-likeness (QED) is 0.176. The zero-order valence-corrected chi connectivity index (χ0v) is 24.7. The second-order valence-corrected chi connectivity index (χ2v) is 12.2. The Hall–Kier alpha value is -3.24. The second kappa shape index (κ2) is 12.7. The molecule has 0 bridgehead atoms. The zero-order valence-electron chi connectivity index (χ0n) is 21.5. The predicted octanol–water partition coefficient (Wildman–Crippen LogP) is 5.89. The molecule has 7 nitrogen and oxygen atoms in total. The molecule has 0 aliphatic rings. The number of carbonyl (C=O) groups excluding carboxylic acids is 1. The maximum atomic E-state index is 13.4. The molecular formula is C29H28BrClN4O3S. The first-order valence-corrected chi connectivity index (χ1v) is 14.8. The van der Waals surface area contributed by atoms with Crippen LogP contribution in [0.4, 0.5) is 0 Å². The number of nitrogens with one attached hydrogen (secondary N) is 1. The molecular weight excluding hydrogens is 600 g/mol. The van der Waals surface area contributed by atoms with Crippen LogP contribution in [0.15, 0.2) is 99.4 Å². The Morgan fingerprint density at radius 1 is 1.03 bits per heavy atom. The molecule has 1 aromatic heterocycles. The Morgan fingerprint density at radius 2 is 1.69 bits per heavy atom. The maximum Gasteiger partial charge on any atom is 0.255 e. The number of carbonyl (C=O) groups is 1. The summed E-state index contributed by atoms with van der Waals surface area (Å²) in [6, 6.07) is 25.4. The van der Waals surface area contributed by atoms with Gasteiger partial charge in [0.05, 0.1) is 17.7 Å². The van der Waals surface area contributed by atoms with E-state index in [9.17, 15) is 13.2 Å². The largest absolute Gasteiger partial charge is 0.318 e. The minimum absolute atomic E-state index is 0.0663. The fourth-order valence-electron chi connectivity index (χ4n) is 4.21. The number of hydrogen-bond donors (Lipinski definition) is 1. The number of sulfonamides is 1. The molecule has 1 N–H and O–H groups in total. The van der Waals surface area contributed by atoms with E-state index in [1.54, 1.807) is 6.21 Å². The third-order valence-electron chi connectivity index (χ3n) is 6.21. The standard InChI is InChI=1S/C29H28BrClN4O3S/c1-21-18-24(22(2)35(21)27-12-8-25(30)9-13-27)19-32-33-29(36)20-34(17-16-23-6-4-3-5-7-23)39(37,38)28-14-10-26(31)11-15-28/h3-15,18-19H,16-17,20H2,1-2H3,(H,33,36)/b32-19+. The van der Waals surface area contributed by atoms with Crippen molar-refractivity contribution in [1.29, 1.82) is 0 Å². The van der Waals surface area contributed by atoms with Gasteiger partial charge in [0.25, 0.3) is 5.91 Å². The molecule has 3 aromatic carbocycles. The molecule has 0 unspecified atom stereocenters. The van der Waals surface area contributed by atoms with Crippen molar-refractivity contribution in [1.82, 2.24) is 14.3 Å². The molecule has 0 atom stereocenters. The van der Waals surface area contributed by atoms with Crippen LogP contribution in [0.25, 0.3) is 5.69 Å². The lowest BCUT2D eigenvalue weighted by Crippen LogP contribution is -2.40. The molecule has 0 spiro atoms. The molecule has 4 rings (SSSR count). The highest BCUT2D eigenvalue weighted by Crippen LogP contribution is 2.22. The fraction of sp³-hybridized carbons (Fsp3) is 0.172. The summed E-state index contributed by atoms with van der Waals surface area (Å²) in [6.45, 7) is 3.72. The highest BCUT2D eigenvalue weighted by atomic mass is 79.9. The molecule has 10 heteroatoms. The van der Waals surface area contributed by atoms with Gasteiger partial charge in [0.2, 0.25) is 10.0 Å². The van der Waals surface area contributed by atoms with E-state index in [2.05, 4.69) is 31.0 Å². The topological polar surface area (TPSA) is 83.8 Å². The van der Waals surface area contributed by atoms with Crippen LogP contribution in [0.2, 0.25) is 5.02 Å². The monoisotopic (exact) mass is 626 g/mol. The smallest absolute Gasteiger partial charge is 0.255 e. The molecule has 0 aliphatic carbocycles. The maximum absolute atomic E-state index is 13.4. The summed E-state index contributed by atoms with van der Waals surface area (Å²) in [6.07, 6.45) is 2.02. The number of hydrogen-bond acceptors (Lipinski definition) is 4. The van der Waals surface area contributed by atoms with E-state index in [4.69, 9.17) is 11.6 Å². The number of rotatable bonds is 10. The number of hydrazone groups is 1. The van der Waals surface area contributed by atoms with E-state index in [1.807, 2.05) is 74.5 Å². The van der Waals surface area contributed by atoms with Gasteiger partial charge in [-0.2, -0.15) is 9.41 Å². The second-order valence-electron chi connectivity index (χ2n) is 8.96. The average molecular weight is 628 g/mol. The van der Waals surface area contributed by atoms with Gasteiger partial charge in [-0.3, -0.25) is 4.79 Å². The van der Waals surface area contributed by atoms with Gasteiger partial charge in [-0.1, -0.05) is 57.9 Å². The molecule has 0 saturated heterocycles. The van der Waals surface area contributed by atoms with Crippen molar-refractivity contribution in [2.45, 2.75) is 25.2 Å². The molecule has 0 radical (unpaired) electrons. The van der Waals surface area contributed by atoms with Crippen LogP contribution in [-0.4, -0.2) is 42.5 Å². The van der Waals surface area contributed by atoms with Crippen molar-refractivity contribution in [2.75, 3.05) is 13.1 Å². The fourth-order valence-corrected chi connectivity index (χ4v) is 6.00. The Morgan fingerprint density at radius 3 is 2.36 bits per heavy atom. The summed E-state index contributed by atoms with van der Waals surface area (Å²) in [4.78, 5) is 12.9. The molecule has 39 heavy (non-hydrogen) atoms. The molecule has 0 fully saturated rings. The van der Waals surface area contributed by atoms with Crippen molar-refractivity contribution in [2.24, 2.45) is 5.10 Å². The van der Waals surface area contributed by atoms with Crippen LogP contribution in [0.5, 0.6) is 0 Å². The van der Waals surface area contributed by atoms with Gasteiger partial charge in [0.15, 0.2) is 0 Å². The van der Waals surface area contributed by atoms with Gasteiger partial charge in [-0.25, -0.2) is 13.8 Å². The number of amides is 1. The van der Waals surface area contributed by atoms with Gasteiger partial charge >= 0.3 is 0 Å². The molecule has 0 aliphatic heterocycles. The lowest BCUT2D eigenvalue weighted by molar-refractivity contribution is -0.121. The van der Waals surface area contributed by atoms with Crippen LogP contribution in [0.3, 0.4) is 0 Å². The third kappa shape index (κ3) is 7.24.